The van der Waals surface area contributed by atoms with Gasteiger partial charge in [0.25, 0.3) is 0 Å². The molecule has 0 amide bonds. The fourth-order valence-corrected chi connectivity index (χ4v) is 3.83. The average Bonchev–Trinajstić information content (AvgIpc) is 2.75. The van der Waals surface area contributed by atoms with E-state index in [1.165, 1.54) is 5.39 Å². The van der Waals surface area contributed by atoms with Gasteiger partial charge < -0.3 is 4.74 Å². The summed E-state index contributed by atoms with van der Waals surface area (Å²) in [5, 5.41) is 2.33. The van der Waals surface area contributed by atoms with E-state index in [-0.39, 0.29) is 5.97 Å². The van der Waals surface area contributed by atoms with E-state index in [1.807, 2.05) is 66.7 Å². The number of rotatable bonds is 2. The summed E-state index contributed by atoms with van der Waals surface area (Å²) >= 11 is 0. The van der Waals surface area contributed by atoms with Crippen LogP contribution in [0, 0.1) is 0 Å². The molecule has 0 saturated heterocycles. The van der Waals surface area contributed by atoms with Gasteiger partial charge in [-0.3, -0.25) is 0 Å². The third-order valence-electron chi connectivity index (χ3n) is 5.19. The summed E-state index contributed by atoms with van der Waals surface area (Å²) < 4.78 is 5.66. The standard InChI is InChI=1S/C26H18O2/c27-26-23(17-21-12-6-7-13-24(21)28-26)25(19-9-2-1-3-10-19)22-15-14-18-8-4-5-11-20(18)16-22/h1-16H,17H2. The van der Waals surface area contributed by atoms with Crippen LogP contribution in [0.5, 0.6) is 5.75 Å². The highest BCUT2D eigenvalue weighted by molar-refractivity contribution is 6.05. The zero-order valence-corrected chi connectivity index (χ0v) is 15.3. The fourth-order valence-electron chi connectivity index (χ4n) is 3.83. The number of carbonyl (C=O) groups excluding carboxylic acids is 1. The van der Waals surface area contributed by atoms with E-state index in [4.69, 9.17) is 4.74 Å². The Kier molecular flexibility index (Phi) is 4.02. The number of hydrogen-bond acceptors (Lipinski definition) is 2. The molecule has 0 bridgehead atoms. The predicted molar refractivity (Wildman–Crippen MR) is 112 cm³/mol. The van der Waals surface area contributed by atoms with Crippen molar-refractivity contribution in [1.82, 2.24) is 0 Å². The molecule has 28 heavy (non-hydrogen) atoms. The van der Waals surface area contributed by atoms with Gasteiger partial charge in [-0.05, 0) is 45.2 Å². The second-order valence-corrected chi connectivity index (χ2v) is 6.96. The highest BCUT2D eigenvalue weighted by Crippen LogP contribution is 2.35. The van der Waals surface area contributed by atoms with Crippen LogP contribution in [0.4, 0.5) is 0 Å². The van der Waals surface area contributed by atoms with E-state index in [9.17, 15) is 4.79 Å². The van der Waals surface area contributed by atoms with E-state index in [2.05, 4.69) is 30.3 Å². The minimum atomic E-state index is -0.272. The summed E-state index contributed by atoms with van der Waals surface area (Å²) in [4.78, 5) is 12.9. The monoisotopic (exact) mass is 362 g/mol. The van der Waals surface area contributed by atoms with Gasteiger partial charge in [0.15, 0.2) is 0 Å². The number of esters is 1. The zero-order chi connectivity index (χ0) is 18.9. The van der Waals surface area contributed by atoms with Gasteiger partial charge in [0.2, 0.25) is 0 Å². The average molecular weight is 362 g/mol. The number of fused-ring (bicyclic) bond motifs is 2. The van der Waals surface area contributed by atoms with Crippen LogP contribution in [0.3, 0.4) is 0 Å². The molecule has 2 nitrogen and oxygen atoms in total. The molecule has 4 aromatic rings. The number of para-hydroxylation sites is 1. The Labute approximate surface area is 163 Å². The Bertz CT molecular complexity index is 1220. The SMILES string of the molecule is O=C1Oc2ccccc2CC1=C(c1ccccc1)c1ccc2ccccc2c1. The van der Waals surface area contributed by atoms with Crippen molar-refractivity contribution in [2.75, 3.05) is 0 Å². The molecule has 0 radical (unpaired) electrons. The van der Waals surface area contributed by atoms with E-state index in [0.717, 1.165) is 27.6 Å². The largest absolute Gasteiger partial charge is 0.423 e. The Morgan fingerprint density at radius 2 is 1.39 bits per heavy atom. The smallest absolute Gasteiger partial charge is 0.340 e. The van der Waals surface area contributed by atoms with Gasteiger partial charge in [-0.2, -0.15) is 0 Å². The summed E-state index contributed by atoms with van der Waals surface area (Å²) in [6.07, 6.45) is 0.562. The number of carbonyl (C=O) groups is 1. The third-order valence-corrected chi connectivity index (χ3v) is 5.19. The minimum absolute atomic E-state index is 0.272. The van der Waals surface area contributed by atoms with Crippen molar-refractivity contribution in [1.29, 1.82) is 0 Å². The second-order valence-electron chi connectivity index (χ2n) is 6.96. The first kappa shape index (κ1) is 16.5. The van der Waals surface area contributed by atoms with Gasteiger partial charge in [-0.25, -0.2) is 4.79 Å². The molecule has 0 N–H and O–H groups in total. The maximum atomic E-state index is 12.9. The molecular weight excluding hydrogens is 344 g/mol. The number of hydrogen-bond donors (Lipinski definition) is 0. The van der Waals surface area contributed by atoms with Crippen molar-refractivity contribution >= 4 is 22.3 Å². The Morgan fingerprint density at radius 3 is 2.25 bits per heavy atom. The molecule has 0 fully saturated rings. The normalized spacial score (nSPS) is 15.1. The molecule has 1 aliphatic heterocycles. The lowest BCUT2D eigenvalue weighted by Gasteiger charge is -2.22. The lowest BCUT2D eigenvalue weighted by molar-refractivity contribution is -0.130. The second kappa shape index (κ2) is 6.82. The van der Waals surface area contributed by atoms with Crippen LogP contribution in [0.1, 0.15) is 16.7 Å². The quantitative estimate of drug-likeness (QED) is 0.256. The molecule has 0 aliphatic carbocycles. The molecule has 2 heteroatoms. The van der Waals surface area contributed by atoms with Gasteiger partial charge in [-0.15, -0.1) is 0 Å². The minimum Gasteiger partial charge on any atom is -0.423 e. The van der Waals surface area contributed by atoms with Crippen molar-refractivity contribution in [3.05, 3.63) is 119 Å². The highest BCUT2D eigenvalue weighted by Gasteiger charge is 2.26. The maximum Gasteiger partial charge on any atom is 0.340 e. The Morgan fingerprint density at radius 1 is 0.679 bits per heavy atom. The maximum absolute atomic E-state index is 12.9. The van der Waals surface area contributed by atoms with Crippen LogP contribution in [-0.4, -0.2) is 5.97 Å². The van der Waals surface area contributed by atoms with Crippen LogP contribution in [0.25, 0.3) is 16.3 Å². The van der Waals surface area contributed by atoms with Crippen LogP contribution >= 0.6 is 0 Å². The van der Waals surface area contributed by atoms with Crippen LogP contribution in [0.15, 0.2) is 103 Å². The molecule has 0 aromatic heterocycles. The summed E-state index contributed by atoms with van der Waals surface area (Å²) in [6.45, 7) is 0. The Balaban J connectivity index is 1.75. The number of ether oxygens (including phenoxy) is 1. The first-order chi connectivity index (χ1) is 13.8. The van der Waals surface area contributed by atoms with Crippen LogP contribution < -0.4 is 4.74 Å². The van der Waals surface area contributed by atoms with Crippen molar-refractivity contribution in [2.24, 2.45) is 0 Å². The number of benzene rings is 4. The molecule has 1 heterocycles. The molecule has 134 valence electrons. The lowest BCUT2D eigenvalue weighted by Crippen LogP contribution is -2.21. The molecule has 0 unspecified atom stereocenters. The molecule has 0 saturated carbocycles. The van der Waals surface area contributed by atoms with Crippen molar-refractivity contribution in [3.63, 3.8) is 0 Å². The van der Waals surface area contributed by atoms with Crippen molar-refractivity contribution in [2.45, 2.75) is 6.42 Å². The first-order valence-electron chi connectivity index (χ1n) is 9.37. The van der Waals surface area contributed by atoms with Gasteiger partial charge in [0.1, 0.15) is 5.75 Å². The highest BCUT2D eigenvalue weighted by atomic mass is 16.5. The van der Waals surface area contributed by atoms with Gasteiger partial charge in [0, 0.05) is 6.42 Å². The fraction of sp³-hybridized carbons (Fsp3) is 0.0385. The van der Waals surface area contributed by atoms with E-state index in [0.29, 0.717) is 17.7 Å². The van der Waals surface area contributed by atoms with Crippen molar-refractivity contribution < 1.29 is 9.53 Å². The first-order valence-corrected chi connectivity index (χ1v) is 9.37. The van der Waals surface area contributed by atoms with Gasteiger partial charge >= 0.3 is 5.97 Å². The Hall–Kier alpha value is -3.65. The zero-order valence-electron chi connectivity index (χ0n) is 15.3. The molecule has 0 spiro atoms. The molecular formula is C26H18O2. The van der Waals surface area contributed by atoms with E-state index < -0.39 is 0 Å². The molecule has 5 rings (SSSR count). The third kappa shape index (κ3) is 2.89. The molecule has 4 aromatic carbocycles. The van der Waals surface area contributed by atoms with Gasteiger partial charge in [0.05, 0.1) is 5.57 Å². The molecule has 0 atom stereocenters. The van der Waals surface area contributed by atoms with E-state index in [1.54, 1.807) is 0 Å². The predicted octanol–water partition coefficient (Wildman–Crippen LogP) is 5.80. The van der Waals surface area contributed by atoms with Gasteiger partial charge in [-0.1, -0.05) is 84.9 Å². The molecule has 1 aliphatic rings. The lowest BCUT2D eigenvalue weighted by atomic mass is 9.88. The van der Waals surface area contributed by atoms with Crippen LogP contribution in [0.2, 0.25) is 0 Å². The summed E-state index contributed by atoms with van der Waals surface area (Å²) in [6, 6.07) is 32.4. The van der Waals surface area contributed by atoms with Crippen LogP contribution in [-0.2, 0) is 11.2 Å². The van der Waals surface area contributed by atoms with Crippen molar-refractivity contribution in [3.8, 4) is 5.75 Å². The summed E-state index contributed by atoms with van der Waals surface area (Å²) in [7, 11) is 0. The summed E-state index contributed by atoms with van der Waals surface area (Å²) in [5.74, 6) is 0.382. The summed E-state index contributed by atoms with van der Waals surface area (Å²) in [5.41, 5.74) is 4.71. The van der Waals surface area contributed by atoms with E-state index >= 15 is 0 Å². The topological polar surface area (TPSA) is 26.3 Å².